The van der Waals surface area contributed by atoms with E-state index in [0.717, 1.165) is 30.6 Å². The maximum atomic E-state index is 13.4. The number of unbranched alkanes of at least 4 members (excludes halogenated alkanes) is 9. The van der Waals surface area contributed by atoms with Crippen molar-refractivity contribution in [2.75, 3.05) is 13.2 Å². The van der Waals surface area contributed by atoms with Crippen LogP contribution in [-0.2, 0) is 21.9 Å². The fraction of sp³-hybridized carbons (Fsp3) is 0.692. The van der Waals surface area contributed by atoms with Gasteiger partial charge in [0.1, 0.15) is 6.04 Å². The van der Waals surface area contributed by atoms with E-state index in [-0.39, 0.29) is 31.7 Å². The molecule has 1 aliphatic rings. The number of alkyl halides is 6. The fourth-order valence-corrected chi connectivity index (χ4v) is 4.41. The number of hydrogen-bond donors (Lipinski definition) is 0. The molecule has 1 saturated heterocycles. The van der Waals surface area contributed by atoms with Gasteiger partial charge in [0.15, 0.2) is 0 Å². The lowest BCUT2D eigenvalue weighted by molar-refractivity contribution is -0.148. The summed E-state index contributed by atoms with van der Waals surface area (Å²) in [5.41, 5.74) is -3.95. The molecule has 0 N–H and O–H groups in total. The first kappa shape index (κ1) is 30.0. The van der Waals surface area contributed by atoms with Crippen LogP contribution in [0.2, 0.25) is 0 Å². The maximum Gasteiger partial charge on any atom is 0.417 e. The second-order valence-corrected chi connectivity index (χ2v) is 9.26. The smallest absolute Gasteiger partial charge is 0.417 e. The largest absolute Gasteiger partial charge is 0.464 e. The Labute approximate surface area is 208 Å². The lowest BCUT2D eigenvalue weighted by Crippen LogP contribution is -2.42. The molecule has 36 heavy (non-hydrogen) atoms. The number of esters is 1. The molecule has 10 heteroatoms. The number of hydrogen-bond acceptors (Lipinski definition) is 3. The molecule has 1 heterocycles. The normalized spacial score (nSPS) is 16.4. The van der Waals surface area contributed by atoms with Crippen molar-refractivity contribution in [2.24, 2.45) is 0 Å². The van der Waals surface area contributed by atoms with Gasteiger partial charge in [-0.25, -0.2) is 4.79 Å². The van der Waals surface area contributed by atoms with Crippen molar-refractivity contribution < 1.29 is 40.7 Å². The van der Waals surface area contributed by atoms with Crippen LogP contribution in [0.1, 0.15) is 105 Å². The van der Waals surface area contributed by atoms with E-state index in [1.807, 2.05) is 0 Å². The van der Waals surface area contributed by atoms with Crippen LogP contribution in [0.4, 0.5) is 26.3 Å². The van der Waals surface area contributed by atoms with Gasteiger partial charge in [0, 0.05) is 6.54 Å². The zero-order valence-corrected chi connectivity index (χ0v) is 20.6. The van der Waals surface area contributed by atoms with Crippen molar-refractivity contribution in [3.05, 3.63) is 34.9 Å². The number of benzene rings is 1. The summed E-state index contributed by atoms with van der Waals surface area (Å²) < 4.78 is 84.8. The summed E-state index contributed by atoms with van der Waals surface area (Å²) in [7, 11) is 0. The van der Waals surface area contributed by atoms with Crippen LogP contribution < -0.4 is 0 Å². The first-order valence-electron chi connectivity index (χ1n) is 12.7. The number of amides is 1. The SMILES string of the molecule is CCCCCCCCCCCCOC(=O)C1CCCN1C(=O)c1cc(C(F)(F)F)ccc1C(F)(F)F. The third-order valence-electron chi connectivity index (χ3n) is 6.41. The highest BCUT2D eigenvalue weighted by molar-refractivity contribution is 5.98. The Bertz CT molecular complexity index is 853. The van der Waals surface area contributed by atoms with Gasteiger partial charge in [-0.05, 0) is 37.5 Å². The van der Waals surface area contributed by atoms with Crippen molar-refractivity contribution in [1.29, 1.82) is 0 Å². The summed E-state index contributed by atoms with van der Waals surface area (Å²) in [5.74, 6) is -2.00. The van der Waals surface area contributed by atoms with Gasteiger partial charge in [0.2, 0.25) is 0 Å². The molecular formula is C26H35F6NO3. The van der Waals surface area contributed by atoms with Gasteiger partial charge in [-0.3, -0.25) is 4.79 Å². The van der Waals surface area contributed by atoms with Gasteiger partial charge in [-0.15, -0.1) is 0 Å². The molecule has 0 saturated carbocycles. The molecule has 204 valence electrons. The van der Waals surface area contributed by atoms with E-state index in [1.54, 1.807) is 0 Å². The van der Waals surface area contributed by atoms with E-state index in [1.165, 1.54) is 32.1 Å². The Kier molecular flexibility index (Phi) is 11.6. The quantitative estimate of drug-likeness (QED) is 0.151. The summed E-state index contributed by atoms with van der Waals surface area (Å²) in [6.07, 6.45) is 1.54. The number of nitrogens with zero attached hydrogens (tertiary/aromatic N) is 1. The van der Waals surface area contributed by atoms with Gasteiger partial charge in [-0.1, -0.05) is 64.7 Å². The standard InChI is InChI=1S/C26H35F6NO3/c1-2-3-4-5-6-7-8-9-10-11-17-36-24(35)22-13-12-16-33(22)23(34)20-18-19(25(27,28)29)14-15-21(20)26(30,31)32/h14-15,18,22H,2-13,16-17H2,1H3. The molecule has 1 aromatic rings. The average Bonchev–Trinajstić information content (AvgIpc) is 3.30. The molecule has 2 rings (SSSR count). The van der Waals surface area contributed by atoms with Gasteiger partial charge in [0.05, 0.1) is 23.3 Å². The highest BCUT2D eigenvalue weighted by Gasteiger charge is 2.42. The second kappa shape index (κ2) is 13.9. The first-order valence-corrected chi connectivity index (χ1v) is 12.7. The number of rotatable bonds is 13. The first-order chi connectivity index (χ1) is 17.0. The zero-order chi connectivity index (χ0) is 26.8. The zero-order valence-electron chi connectivity index (χ0n) is 20.6. The lowest BCUT2D eigenvalue weighted by Gasteiger charge is -2.25. The van der Waals surface area contributed by atoms with Crippen LogP contribution in [0.3, 0.4) is 0 Å². The van der Waals surface area contributed by atoms with Gasteiger partial charge < -0.3 is 9.64 Å². The Morgan fingerprint density at radius 3 is 2.03 bits per heavy atom. The Morgan fingerprint density at radius 1 is 0.889 bits per heavy atom. The summed E-state index contributed by atoms with van der Waals surface area (Å²) in [5, 5.41) is 0. The summed E-state index contributed by atoms with van der Waals surface area (Å²) in [4.78, 5) is 26.4. The number of ether oxygens (including phenoxy) is 1. The van der Waals surface area contributed by atoms with E-state index >= 15 is 0 Å². The van der Waals surface area contributed by atoms with E-state index in [9.17, 15) is 35.9 Å². The molecule has 4 nitrogen and oxygen atoms in total. The third kappa shape index (κ3) is 9.00. The molecule has 1 aliphatic heterocycles. The van der Waals surface area contributed by atoms with E-state index in [4.69, 9.17) is 4.74 Å². The van der Waals surface area contributed by atoms with Gasteiger partial charge in [0.25, 0.3) is 5.91 Å². The van der Waals surface area contributed by atoms with E-state index < -0.39 is 47.0 Å². The predicted octanol–water partition coefficient (Wildman–Crippen LogP) is 7.79. The molecule has 0 aliphatic carbocycles. The Balaban J connectivity index is 1.90. The molecular weight excluding hydrogens is 488 g/mol. The summed E-state index contributed by atoms with van der Waals surface area (Å²) >= 11 is 0. The molecule has 0 aromatic heterocycles. The molecule has 1 atom stereocenters. The van der Waals surface area contributed by atoms with Gasteiger partial charge >= 0.3 is 18.3 Å². The summed E-state index contributed by atoms with van der Waals surface area (Å²) in [6.45, 7) is 2.27. The van der Waals surface area contributed by atoms with Crippen molar-refractivity contribution in [3.63, 3.8) is 0 Å². The molecule has 1 fully saturated rings. The Morgan fingerprint density at radius 2 is 1.47 bits per heavy atom. The van der Waals surface area contributed by atoms with Crippen molar-refractivity contribution >= 4 is 11.9 Å². The summed E-state index contributed by atoms with van der Waals surface area (Å²) in [6, 6.07) is -0.362. The van der Waals surface area contributed by atoms with Crippen molar-refractivity contribution in [2.45, 2.75) is 102 Å². The van der Waals surface area contributed by atoms with Crippen molar-refractivity contribution in [1.82, 2.24) is 4.90 Å². The minimum absolute atomic E-state index is 0.0373. The van der Waals surface area contributed by atoms with Crippen LogP contribution in [0.5, 0.6) is 0 Å². The fourth-order valence-electron chi connectivity index (χ4n) is 4.41. The highest BCUT2D eigenvalue weighted by atomic mass is 19.4. The molecule has 1 aromatic carbocycles. The molecule has 1 unspecified atom stereocenters. The molecule has 1 amide bonds. The van der Waals surface area contributed by atoms with Crippen LogP contribution in [-0.4, -0.2) is 36.0 Å². The topological polar surface area (TPSA) is 46.6 Å². The Hall–Kier alpha value is -2.26. The second-order valence-electron chi connectivity index (χ2n) is 9.26. The number of halogens is 6. The maximum absolute atomic E-state index is 13.4. The molecule has 0 spiro atoms. The third-order valence-corrected chi connectivity index (χ3v) is 6.41. The monoisotopic (exact) mass is 523 g/mol. The average molecular weight is 524 g/mol. The number of likely N-dealkylation sites (tertiary alicyclic amines) is 1. The number of carbonyl (C=O) groups excluding carboxylic acids is 2. The predicted molar refractivity (Wildman–Crippen MR) is 123 cm³/mol. The molecule has 0 radical (unpaired) electrons. The molecule has 0 bridgehead atoms. The van der Waals surface area contributed by atoms with E-state index in [0.29, 0.717) is 18.9 Å². The van der Waals surface area contributed by atoms with E-state index in [2.05, 4.69) is 6.92 Å². The van der Waals surface area contributed by atoms with Gasteiger partial charge in [-0.2, -0.15) is 26.3 Å². The number of carbonyl (C=O) groups is 2. The minimum Gasteiger partial charge on any atom is -0.464 e. The van der Waals surface area contributed by atoms with Crippen LogP contribution >= 0.6 is 0 Å². The van der Waals surface area contributed by atoms with Crippen LogP contribution in [0, 0.1) is 0 Å². The van der Waals surface area contributed by atoms with Crippen LogP contribution in [0.15, 0.2) is 18.2 Å². The van der Waals surface area contributed by atoms with Crippen molar-refractivity contribution in [3.8, 4) is 0 Å². The lowest BCUT2D eigenvalue weighted by atomic mass is 10.0. The minimum atomic E-state index is -5.03. The highest BCUT2D eigenvalue weighted by Crippen LogP contribution is 2.37. The van der Waals surface area contributed by atoms with Crippen LogP contribution in [0.25, 0.3) is 0 Å².